The summed E-state index contributed by atoms with van der Waals surface area (Å²) >= 11 is 6.24. The lowest BCUT2D eigenvalue weighted by Crippen LogP contribution is -2.31. The number of aromatic nitrogens is 1. The average molecular weight is 413 g/mol. The number of benzene rings is 1. The van der Waals surface area contributed by atoms with E-state index in [2.05, 4.69) is 4.98 Å². The molecule has 0 spiro atoms. The van der Waals surface area contributed by atoms with Crippen LogP contribution in [0.2, 0.25) is 5.02 Å². The second kappa shape index (κ2) is 7.97. The molecule has 3 aromatic rings. The summed E-state index contributed by atoms with van der Waals surface area (Å²) in [6.45, 7) is 5.35. The Morgan fingerprint density at radius 2 is 2.14 bits per heavy atom. The highest BCUT2D eigenvalue weighted by Gasteiger charge is 2.42. The second-order valence-corrected chi connectivity index (χ2v) is 7.42. The predicted octanol–water partition coefficient (Wildman–Crippen LogP) is 4.12. The normalized spacial score (nSPS) is 15.9. The molecule has 3 heterocycles. The van der Waals surface area contributed by atoms with Crippen molar-refractivity contribution in [3.8, 4) is 0 Å². The van der Waals surface area contributed by atoms with Crippen LogP contribution in [0.15, 0.2) is 45.9 Å². The SMILES string of the molecule is CCOCCCN1C(=O)c2oc3cc(C)c(Cl)cc3c(=O)c2C1c1cccnc1. The summed E-state index contributed by atoms with van der Waals surface area (Å²) in [5.74, 6) is -0.202. The molecule has 0 bridgehead atoms. The lowest BCUT2D eigenvalue weighted by molar-refractivity contribution is 0.0695. The molecule has 0 aliphatic carbocycles. The van der Waals surface area contributed by atoms with Crippen molar-refractivity contribution >= 4 is 28.5 Å². The Bertz CT molecular complexity index is 1130. The quantitative estimate of drug-likeness (QED) is 0.569. The van der Waals surface area contributed by atoms with Gasteiger partial charge in [0.25, 0.3) is 5.91 Å². The third-order valence-electron chi connectivity index (χ3n) is 5.14. The molecular weight excluding hydrogens is 392 g/mol. The molecule has 1 aliphatic heterocycles. The Morgan fingerprint density at radius 1 is 1.31 bits per heavy atom. The zero-order valence-electron chi connectivity index (χ0n) is 16.3. The Kier molecular flexibility index (Phi) is 5.39. The van der Waals surface area contributed by atoms with Crippen LogP contribution in [0.25, 0.3) is 11.0 Å². The first kappa shape index (κ1) is 19.6. The van der Waals surface area contributed by atoms with Crippen LogP contribution in [0.4, 0.5) is 0 Å². The maximum atomic E-state index is 13.4. The zero-order valence-corrected chi connectivity index (χ0v) is 17.0. The predicted molar refractivity (Wildman–Crippen MR) is 110 cm³/mol. The molecule has 7 heteroatoms. The van der Waals surface area contributed by atoms with E-state index in [4.69, 9.17) is 20.8 Å². The first-order valence-electron chi connectivity index (χ1n) is 9.58. The van der Waals surface area contributed by atoms with Crippen LogP contribution in [0.1, 0.15) is 46.6 Å². The largest absolute Gasteiger partial charge is 0.450 e. The van der Waals surface area contributed by atoms with Gasteiger partial charge in [0.05, 0.1) is 17.0 Å². The van der Waals surface area contributed by atoms with E-state index < -0.39 is 6.04 Å². The van der Waals surface area contributed by atoms with E-state index >= 15 is 0 Å². The Labute approximate surface area is 173 Å². The standard InChI is InChI=1S/C22H21ClN2O4/c1-3-28-9-5-8-25-19(14-6-4-7-24-12-14)18-20(26)15-11-16(23)13(2)10-17(15)29-21(18)22(25)27/h4,6-7,10-12,19H,3,5,8-9H2,1-2H3. The molecule has 29 heavy (non-hydrogen) atoms. The molecule has 1 aliphatic rings. The third-order valence-corrected chi connectivity index (χ3v) is 5.55. The summed E-state index contributed by atoms with van der Waals surface area (Å²) in [5, 5.41) is 0.859. The minimum Gasteiger partial charge on any atom is -0.450 e. The number of halogens is 1. The van der Waals surface area contributed by atoms with Crippen molar-refractivity contribution in [3.63, 3.8) is 0 Å². The Balaban J connectivity index is 1.87. The number of ether oxygens (including phenoxy) is 1. The van der Waals surface area contributed by atoms with E-state index in [0.29, 0.717) is 47.7 Å². The Hall–Kier alpha value is -2.70. The maximum Gasteiger partial charge on any atom is 0.290 e. The number of hydrogen-bond acceptors (Lipinski definition) is 5. The van der Waals surface area contributed by atoms with Crippen molar-refractivity contribution in [1.82, 2.24) is 9.88 Å². The van der Waals surface area contributed by atoms with Crippen LogP contribution >= 0.6 is 11.6 Å². The van der Waals surface area contributed by atoms with E-state index in [9.17, 15) is 9.59 Å². The van der Waals surface area contributed by atoms with E-state index in [-0.39, 0.29) is 17.1 Å². The summed E-state index contributed by atoms with van der Waals surface area (Å²) in [4.78, 5) is 32.4. The first-order chi connectivity index (χ1) is 14.0. The highest BCUT2D eigenvalue weighted by molar-refractivity contribution is 6.32. The maximum absolute atomic E-state index is 13.4. The summed E-state index contributed by atoms with van der Waals surface area (Å²) in [6, 6.07) is 6.42. The average Bonchev–Trinajstić information content (AvgIpc) is 3.00. The molecule has 4 rings (SSSR count). The van der Waals surface area contributed by atoms with Gasteiger partial charge in [0.2, 0.25) is 5.76 Å². The fourth-order valence-corrected chi connectivity index (χ4v) is 3.90. The number of rotatable bonds is 6. The number of aryl methyl sites for hydroxylation is 1. The van der Waals surface area contributed by atoms with Gasteiger partial charge in [-0.3, -0.25) is 14.6 Å². The van der Waals surface area contributed by atoms with Gasteiger partial charge in [0, 0.05) is 37.2 Å². The van der Waals surface area contributed by atoms with Crippen molar-refractivity contribution in [2.24, 2.45) is 0 Å². The molecule has 1 aromatic carbocycles. The lowest BCUT2D eigenvalue weighted by Gasteiger charge is -2.24. The van der Waals surface area contributed by atoms with E-state index in [1.54, 1.807) is 35.5 Å². The van der Waals surface area contributed by atoms with Crippen molar-refractivity contribution < 1.29 is 13.9 Å². The number of carbonyl (C=O) groups excluding carboxylic acids is 1. The highest BCUT2D eigenvalue weighted by atomic mass is 35.5. The fourth-order valence-electron chi connectivity index (χ4n) is 3.74. The van der Waals surface area contributed by atoms with Crippen LogP contribution < -0.4 is 5.43 Å². The molecule has 2 aromatic heterocycles. The van der Waals surface area contributed by atoms with Gasteiger partial charge >= 0.3 is 0 Å². The molecule has 1 unspecified atom stereocenters. The second-order valence-electron chi connectivity index (χ2n) is 7.01. The van der Waals surface area contributed by atoms with Crippen molar-refractivity contribution in [3.05, 3.63) is 74.4 Å². The molecule has 0 N–H and O–H groups in total. The highest BCUT2D eigenvalue weighted by Crippen LogP contribution is 2.38. The summed E-state index contributed by atoms with van der Waals surface area (Å²) in [7, 11) is 0. The Morgan fingerprint density at radius 3 is 2.86 bits per heavy atom. The van der Waals surface area contributed by atoms with Crippen LogP contribution in [-0.2, 0) is 4.74 Å². The number of fused-ring (bicyclic) bond motifs is 2. The number of amides is 1. The molecule has 1 atom stereocenters. The smallest absolute Gasteiger partial charge is 0.290 e. The fraction of sp³-hybridized carbons (Fsp3) is 0.318. The number of nitrogens with zero attached hydrogens (tertiary/aromatic N) is 2. The molecule has 0 saturated carbocycles. The molecule has 1 amide bonds. The molecule has 0 saturated heterocycles. The van der Waals surface area contributed by atoms with Gasteiger partial charge < -0.3 is 14.1 Å². The van der Waals surface area contributed by atoms with Crippen molar-refractivity contribution in [2.75, 3.05) is 19.8 Å². The number of carbonyl (C=O) groups is 1. The van der Waals surface area contributed by atoms with Crippen LogP contribution in [-0.4, -0.2) is 35.5 Å². The minimum atomic E-state index is -0.548. The first-order valence-corrected chi connectivity index (χ1v) is 9.96. The van der Waals surface area contributed by atoms with Gasteiger partial charge in [-0.25, -0.2) is 0 Å². The van der Waals surface area contributed by atoms with Gasteiger partial charge in [-0.15, -0.1) is 0 Å². The summed E-state index contributed by atoms with van der Waals surface area (Å²) in [6.07, 6.45) is 3.99. The van der Waals surface area contributed by atoms with Crippen LogP contribution in [0, 0.1) is 6.92 Å². The summed E-state index contributed by atoms with van der Waals surface area (Å²) < 4.78 is 11.4. The van der Waals surface area contributed by atoms with Gasteiger partial charge in [0.1, 0.15) is 5.58 Å². The van der Waals surface area contributed by atoms with Crippen LogP contribution in [0.5, 0.6) is 0 Å². The number of pyridine rings is 1. The topological polar surface area (TPSA) is 72.6 Å². The van der Waals surface area contributed by atoms with Crippen LogP contribution in [0.3, 0.4) is 0 Å². The van der Waals surface area contributed by atoms with E-state index in [0.717, 1.165) is 11.1 Å². The zero-order chi connectivity index (χ0) is 20.5. The summed E-state index contributed by atoms with van der Waals surface area (Å²) in [5.41, 5.74) is 2.01. The third kappa shape index (κ3) is 3.43. The van der Waals surface area contributed by atoms with Gasteiger partial charge in [-0.2, -0.15) is 0 Å². The van der Waals surface area contributed by atoms with Gasteiger partial charge in [-0.1, -0.05) is 17.7 Å². The molecule has 0 fully saturated rings. The number of hydrogen-bond donors (Lipinski definition) is 0. The molecular formula is C22H21ClN2O4. The molecule has 0 radical (unpaired) electrons. The van der Waals surface area contributed by atoms with E-state index in [1.165, 1.54) is 0 Å². The van der Waals surface area contributed by atoms with E-state index in [1.807, 2.05) is 19.9 Å². The lowest BCUT2D eigenvalue weighted by atomic mass is 9.99. The van der Waals surface area contributed by atoms with Crippen molar-refractivity contribution in [2.45, 2.75) is 26.3 Å². The van der Waals surface area contributed by atoms with Gasteiger partial charge in [-0.05, 0) is 49.6 Å². The molecule has 6 nitrogen and oxygen atoms in total. The van der Waals surface area contributed by atoms with Crippen molar-refractivity contribution in [1.29, 1.82) is 0 Å². The monoisotopic (exact) mass is 412 g/mol. The molecule has 150 valence electrons. The van der Waals surface area contributed by atoms with Gasteiger partial charge in [0.15, 0.2) is 5.43 Å². The minimum absolute atomic E-state index is 0.0921.